The summed E-state index contributed by atoms with van der Waals surface area (Å²) in [5, 5.41) is 29.1. The van der Waals surface area contributed by atoms with Crippen LogP contribution in [0.5, 0.6) is 0 Å². The smallest absolute Gasteiger partial charge is 0.345 e. The maximum atomic E-state index is 14.1. The normalized spacial score (nSPS) is 22.2. The molecule has 3 atom stereocenters. The van der Waals surface area contributed by atoms with Crippen molar-refractivity contribution in [2.24, 2.45) is 0 Å². The highest BCUT2D eigenvalue weighted by atomic mass is 32.1. The third kappa shape index (κ3) is 7.17. The van der Waals surface area contributed by atoms with Gasteiger partial charge in [0.1, 0.15) is 4.88 Å². The number of unbranched alkanes of at least 4 members (excludes halogenated alkanes) is 1. The summed E-state index contributed by atoms with van der Waals surface area (Å²) in [5.74, 6) is 1.77. The number of carbonyl (C=O) groups is 1. The highest BCUT2D eigenvalue weighted by molar-refractivity contribution is 7.13. The van der Waals surface area contributed by atoms with E-state index < -0.39 is 36.7 Å². The number of hydrogen-bond donors (Lipinski definition) is 3. The quantitative estimate of drug-likeness (QED) is 0.379. The number of aryl methyl sites for hydroxylation is 1. The van der Waals surface area contributed by atoms with Gasteiger partial charge in [-0.3, -0.25) is 4.90 Å². The fourth-order valence-electron chi connectivity index (χ4n) is 3.33. The first-order valence-electron chi connectivity index (χ1n) is 10.2. The molecule has 1 aromatic rings. The van der Waals surface area contributed by atoms with E-state index in [9.17, 15) is 23.8 Å². The van der Waals surface area contributed by atoms with Gasteiger partial charge in [0, 0.05) is 36.7 Å². The molecule has 2 heterocycles. The van der Waals surface area contributed by atoms with Crippen molar-refractivity contribution in [1.29, 1.82) is 0 Å². The summed E-state index contributed by atoms with van der Waals surface area (Å²) in [4.78, 5) is 13.4. The number of aromatic carboxylic acids is 1. The van der Waals surface area contributed by atoms with E-state index in [4.69, 9.17) is 5.11 Å². The maximum Gasteiger partial charge on any atom is 0.345 e. The number of carboxylic acid groups (broad SMARTS) is 1. The van der Waals surface area contributed by atoms with Crippen molar-refractivity contribution in [2.75, 3.05) is 6.54 Å². The van der Waals surface area contributed by atoms with Crippen LogP contribution in [0.3, 0.4) is 0 Å². The van der Waals surface area contributed by atoms with E-state index in [2.05, 4.69) is 11.8 Å². The number of nitrogens with zero attached hydrogens (tertiary/aromatic N) is 1. The van der Waals surface area contributed by atoms with Crippen molar-refractivity contribution >= 4 is 17.3 Å². The zero-order chi connectivity index (χ0) is 22.1. The topological polar surface area (TPSA) is 81.0 Å². The number of alkyl halides is 2. The lowest BCUT2D eigenvalue weighted by atomic mass is 10.1. The number of carboxylic acids is 1. The lowest BCUT2D eigenvalue weighted by Crippen LogP contribution is -2.41. The molecule has 8 heteroatoms. The van der Waals surface area contributed by atoms with E-state index in [1.807, 2.05) is 6.92 Å². The molecule has 30 heavy (non-hydrogen) atoms. The molecule has 0 radical (unpaired) electrons. The van der Waals surface area contributed by atoms with Gasteiger partial charge in [0.25, 0.3) is 5.92 Å². The Bertz CT molecular complexity index is 784. The second-order valence-corrected chi connectivity index (χ2v) is 8.58. The first-order chi connectivity index (χ1) is 14.2. The maximum absolute atomic E-state index is 14.1. The molecule has 0 aromatic carbocycles. The van der Waals surface area contributed by atoms with Gasteiger partial charge in [-0.2, -0.15) is 0 Å². The van der Waals surface area contributed by atoms with Gasteiger partial charge in [0.2, 0.25) is 0 Å². The Morgan fingerprint density at radius 2 is 2.13 bits per heavy atom. The molecule has 0 amide bonds. The Morgan fingerprint density at radius 1 is 1.40 bits per heavy atom. The minimum absolute atomic E-state index is 0.241. The third-order valence-electron chi connectivity index (χ3n) is 4.93. The van der Waals surface area contributed by atoms with Crippen LogP contribution in [-0.2, 0) is 6.42 Å². The van der Waals surface area contributed by atoms with Gasteiger partial charge >= 0.3 is 5.97 Å². The average Bonchev–Trinajstić information content (AvgIpc) is 3.24. The van der Waals surface area contributed by atoms with Gasteiger partial charge < -0.3 is 15.3 Å². The molecule has 0 aliphatic carbocycles. The summed E-state index contributed by atoms with van der Waals surface area (Å²) in [5.41, 5.74) is 0. The third-order valence-corrected chi connectivity index (χ3v) is 6.06. The van der Waals surface area contributed by atoms with Crippen LogP contribution in [0.25, 0.3) is 0 Å². The van der Waals surface area contributed by atoms with Crippen molar-refractivity contribution in [3.05, 3.63) is 34.0 Å². The fraction of sp³-hybridized carbons (Fsp3) is 0.591. The molecule has 1 unspecified atom stereocenters. The molecular formula is C22H29F2NO4S. The Hall–Kier alpha value is -1.79. The van der Waals surface area contributed by atoms with Crippen LogP contribution in [0.15, 0.2) is 24.3 Å². The average molecular weight is 442 g/mol. The van der Waals surface area contributed by atoms with E-state index in [1.54, 1.807) is 12.1 Å². The minimum Gasteiger partial charge on any atom is -0.477 e. The Balaban J connectivity index is 1.89. The number of rotatable bonds is 10. The number of aliphatic hydroxyl groups is 2. The van der Waals surface area contributed by atoms with Crippen LogP contribution in [0, 0.1) is 11.8 Å². The van der Waals surface area contributed by atoms with Crippen molar-refractivity contribution in [1.82, 2.24) is 4.90 Å². The lowest BCUT2D eigenvalue weighted by Gasteiger charge is -2.25. The molecule has 1 aliphatic rings. The summed E-state index contributed by atoms with van der Waals surface area (Å²) < 4.78 is 28.1. The van der Waals surface area contributed by atoms with Gasteiger partial charge in [-0.15, -0.1) is 23.2 Å². The molecule has 1 aliphatic heterocycles. The first kappa shape index (κ1) is 24.5. The second-order valence-electron chi connectivity index (χ2n) is 7.41. The van der Waals surface area contributed by atoms with Crippen LogP contribution in [-0.4, -0.2) is 57.0 Å². The fourth-order valence-corrected chi connectivity index (χ4v) is 4.22. The van der Waals surface area contributed by atoms with Gasteiger partial charge in [-0.25, -0.2) is 13.6 Å². The standard InChI is InChI=1S/C22H29F2NO4S/c1-2-3-4-5-6-8-17(26)11-10-16-15-22(23,24)21(29)25(16)14-7-9-18-12-13-19(30-18)20(27)28/h10-13,16-17,21,26,29H,2-3,6-9,14-15H2,1H3,(H,27,28)/b11-10+/t16-,17-,21?/m0/s1. The van der Waals surface area contributed by atoms with Gasteiger partial charge in [-0.1, -0.05) is 19.1 Å². The Labute approximate surface area is 180 Å². The molecular weight excluding hydrogens is 412 g/mol. The molecule has 1 fully saturated rings. The number of thiophene rings is 1. The van der Waals surface area contributed by atoms with Crippen LogP contribution >= 0.6 is 11.3 Å². The van der Waals surface area contributed by atoms with Gasteiger partial charge in [0.15, 0.2) is 6.23 Å². The van der Waals surface area contributed by atoms with Crippen LogP contribution in [0.1, 0.15) is 60.0 Å². The molecule has 1 saturated heterocycles. The monoisotopic (exact) mass is 441 g/mol. The number of hydrogen-bond acceptors (Lipinski definition) is 5. The van der Waals surface area contributed by atoms with Crippen molar-refractivity contribution < 1.29 is 28.9 Å². The predicted octanol–water partition coefficient (Wildman–Crippen LogP) is 3.91. The largest absolute Gasteiger partial charge is 0.477 e. The number of aliphatic hydroxyl groups excluding tert-OH is 2. The van der Waals surface area contributed by atoms with E-state index >= 15 is 0 Å². The van der Waals surface area contributed by atoms with E-state index in [0.717, 1.165) is 29.1 Å². The zero-order valence-electron chi connectivity index (χ0n) is 17.1. The van der Waals surface area contributed by atoms with Crippen molar-refractivity contribution in [3.8, 4) is 11.8 Å². The number of halogens is 2. The highest BCUT2D eigenvalue weighted by Gasteiger charge is 2.52. The van der Waals surface area contributed by atoms with Crippen LogP contribution in [0.2, 0.25) is 0 Å². The predicted molar refractivity (Wildman–Crippen MR) is 113 cm³/mol. The Kier molecular flexibility index (Phi) is 9.43. The van der Waals surface area contributed by atoms with Crippen LogP contribution < -0.4 is 0 Å². The summed E-state index contributed by atoms with van der Waals surface area (Å²) in [7, 11) is 0. The summed E-state index contributed by atoms with van der Waals surface area (Å²) in [6.45, 7) is 2.28. The number of likely N-dealkylation sites (tertiary alicyclic amines) is 1. The van der Waals surface area contributed by atoms with Gasteiger partial charge in [-0.05, 0) is 37.8 Å². The summed E-state index contributed by atoms with van der Waals surface area (Å²) in [6, 6.07) is 2.58. The van der Waals surface area contributed by atoms with E-state index in [0.29, 0.717) is 25.7 Å². The molecule has 3 N–H and O–H groups in total. The minimum atomic E-state index is -3.22. The summed E-state index contributed by atoms with van der Waals surface area (Å²) in [6.07, 6.45) is 3.73. The molecule has 2 rings (SSSR count). The SMILES string of the molecule is CCCC#CCC[C@H](O)/C=C/[C@H]1CC(F)(F)C(O)N1CCCc1ccc(C(=O)O)s1. The van der Waals surface area contributed by atoms with E-state index in [-0.39, 0.29) is 11.4 Å². The van der Waals surface area contributed by atoms with E-state index in [1.165, 1.54) is 17.0 Å². The molecule has 166 valence electrons. The molecule has 0 spiro atoms. The van der Waals surface area contributed by atoms with Gasteiger partial charge in [0.05, 0.1) is 6.10 Å². The first-order valence-corrected chi connectivity index (χ1v) is 11.0. The molecule has 1 aromatic heterocycles. The second kappa shape index (κ2) is 11.6. The van der Waals surface area contributed by atoms with Crippen molar-refractivity contribution in [3.63, 3.8) is 0 Å². The lowest BCUT2D eigenvalue weighted by molar-refractivity contribution is -0.132. The van der Waals surface area contributed by atoms with Crippen LogP contribution in [0.4, 0.5) is 8.78 Å². The Morgan fingerprint density at radius 3 is 2.80 bits per heavy atom. The zero-order valence-corrected chi connectivity index (χ0v) is 17.9. The highest BCUT2D eigenvalue weighted by Crippen LogP contribution is 2.37. The summed E-state index contributed by atoms with van der Waals surface area (Å²) >= 11 is 1.16. The molecule has 5 nitrogen and oxygen atoms in total. The molecule has 0 bridgehead atoms. The molecule has 0 saturated carbocycles. The van der Waals surface area contributed by atoms with Crippen molar-refractivity contribution in [2.45, 2.75) is 76.2 Å².